The minimum absolute atomic E-state index is 0.280. The van der Waals surface area contributed by atoms with Gasteiger partial charge < -0.3 is 4.74 Å². The Morgan fingerprint density at radius 1 is 1.38 bits per heavy atom. The summed E-state index contributed by atoms with van der Waals surface area (Å²) in [6.45, 7) is 0. The van der Waals surface area contributed by atoms with Crippen molar-refractivity contribution in [2.45, 2.75) is 12.3 Å². The minimum Gasteiger partial charge on any atom is -0.368 e. The lowest BCUT2D eigenvalue weighted by Gasteiger charge is -2.17. The van der Waals surface area contributed by atoms with E-state index in [0.29, 0.717) is 0 Å². The summed E-state index contributed by atoms with van der Waals surface area (Å²) in [5.74, 6) is 0. The Morgan fingerprint density at radius 3 is 2.38 bits per heavy atom. The molecule has 0 heterocycles. The Hall–Kier alpha value is -1.07. The Kier molecular flexibility index (Phi) is 3.93. The number of methoxy groups -OCH3 is 1. The summed E-state index contributed by atoms with van der Waals surface area (Å²) in [5, 5.41) is -0.987. The zero-order valence-electron chi connectivity index (χ0n) is 8.22. The maximum Gasteiger partial charge on any atom is 0.416 e. The summed E-state index contributed by atoms with van der Waals surface area (Å²) in [7, 11) is 1.12. The molecule has 0 aliphatic rings. The molecule has 1 aromatic carbocycles. The maximum atomic E-state index is 12.6. The van der Waals surface area contributed by atoms with E-state index in [-0.39, 0.29) is 5.56 Å². The van der Waals surface area contributed by atoms with Crippen LogP contribution in [0.3, 0.4) is 0 Å². The van der Waals surface area contributed by atoms with Gasteiger partial charge in [-0.15, -0.1) is 0 Å². The van der Waals surface area contributed by atoms with Crippen LogP contribution in [0.1, 0.15) is 17.2 Å². The first-order chi connectivity index (χ1) is 7.38. The smallest absolute Gasteiger partial charge is 0.368 e. The zero-order valence-corrected chi connectivity index (χ0v) is 8.97. The summed E-state index contributed by atoms with van der Waals surface area (Å²) in [6, 6.07) is 4.66. The average molecular weight is 253 g/mol. The SMILES string of the molecule is CO[C@@H](C(=O)Cl)c1ccccc1C(F)(F)F. The molecule has 0 aliphatic heterocycles. The molecule has 0 saturated heterocycles. The van der Waals surface area contributed by atoms with Crippen molar-refractivity contribution >= 4 is 16.8 Å². The summed E-state index contributed by atoms with van der Waals surface area (Å²) in [6.07, 6.45) is -5.95. The van der Waals surface area contributed by atoms with Crippen molar-refractivity contribution in [1.82, 2.24) is 0 Å². The number of carbonyl (C=O) groups is 1. The van der Waals surface area contributed by atoms with E-state index in [2.05, 4.69) is 4.74 Å². The number of hydrogen-bond acceptors (Lipinski definition) is 2. The van der Waals surface area contributed by atoms with Gasteiger partial charge in [-0.3, -0.25) is 4.79 Å². The molecule has 0 saturated carbocycles. The highest BCUT2D eigenvalue weighted by molar-refractivity contribution is 6.64. The van der Waals surface area contributed by atoms with Gasteiger partial charge in [0.15, 0.2) is 6.10 Å². The molecule has 0 fully saturated rings. The fourth-order valence-corrected chi connectivity index (χ4v) is 1.53. The molecule has 0 aromatic heterocycles. The van der Waals surface area contributed by atoms with Crippen LogP contribution < -0.4 is 0 Å². The fraction of sp³-hybridized carbons (Fsp3) is 0.300. The highest BCUT2D eigenvalue weighted by Crippen LogP contribution is 2.35. The van der Waals surface area contributed by atoms with E-state index in [9.17, 15) is 18.0 Å². The second-order valence-corrected chi connectivity index (χ2v) is 3.38. The standard InChI is InChI=1S/C10H8ClF3O2/c1-16-8(9(11)15)6-4-2-3-5-7(6)10(12,13)14/h2-5,8H,1H3/t8-/m1/s1. The lowest BCUT2D eigenvalue weighted by atomic mass is 10.0. The molecule has 2 nitrogen and oxygen atoms in total. The number of rotatable bonds is 3. The Bertz CT molecular complexity index is 390. The lowest BCUT2D eigenvalue weighted by molar-refractivity contribution is -0.140. The Balaban J connectivity index is 3.27. The van der Waals surface area contributed by atoms with E-state index < -0.39 is 23.1 Å². The second-order valence-electron chi connectivity index (χ2n) is 3.00. The Morgan fingerprint density at radius 2 is 1.94 bits per heavy atom. The van der Waals surface area contributed by atoms with Crippen LogP contribution in [0.2, 0.25) is 0 Å². The minimum atomic E-state index is -4.54. The third-order valence-electron chi connectivity index (χ3n) is 1.99. The van der Waals surface area contributed by atoms with E-state index in [0.717, 1.165) is 19.2 Å². The van der Waals surface area contributed by atoms with Gasteiger partial charge >= 0.3 is 6.18 Å². The van der Waals surface area contributed by atoms with Crippen molar-refractivity contribution in [3.05, 3.63) is 35.4 Å². The molecule has 0 spiro atoms. The second kappa shape index (κ2) is 4.84. The Labute approximate surface area is 95.0 Å². The summed E-state index contributed by atoms with van der Waals surface area (Å²) >= 11 is 5.17. The molecular formula is C10H8ClF3O2. The molecule has 0 N–H and O–H groups in total. The first-order valence-corrected chi connectivity index (χ1v) is 4.64. The zero-order chi connectivity index (χ0) is 12.3. The van der Waals surface area contributed by atoms with Crippen LogP contribution in [-0.2, 0) is 15.7 Å². The van der Waals surface area contributed by atoms with E-state index in [1.165, 1.54) is 12.1 Å². The number of hydrogen-bond donors (Lipinski definition) is 0. The maximum absolute atomic E-state index is 12.6. The van der Waals surface area contributed by atoms with Gasteiger partial charge in [0.25, 0.3) is 5.24 Å². The molecule has 0 amide bonds. The molecule has 0 aliphatic carbocycles. The van der Waals surface area contributed by atoms with E-state index >= 15 is 0 Å². The molecule has 1 rings (SSSR count). The molecular weight excluding hydrogens is 245 g/mol. The predicted molar refractivity (Wildman–Crippen MR) is 52.1 cm³/mol. The third kappa shape index (κ3) is 2.74. The summed E-state index contributed by atoms with van der Waals surface area (Å²) in [5.41, 5.74) is -1.20. The van der Waals surface area contributed by atoms with Crippen LogP contribution in [0.5, 0.6) is 0 Å². The summed E-state index contributed by atoms with van der Waals surface area (Å²) in [4.78, 5) is 10.9. The number of halogens is 4. The van der Waals surface area contributed by atoms with Crippen molar-refractivity contribution in [1.29, 1.82) is 0 Å². The van der Waals surface area contributed by atoms with Gasteiger partial charge in [0.2, 0.25) is 0 Å². The number of alkyl halides is 3. The van der Waals surface area contributed by atoms with Crippen LogP contribution in [0.25, 0.3) is 0 Å². The van der Waals surface area contributed by atoms with Crippen molar-refractivity contribution in [3.8, 4) is 0 Å². The van der Waals surface area contributed by atoms with E-state index in [1.54, 1.807) is 0 Å². The van der Waals surface area contributed by atoms with Crippen molar-refractivity contribution < 1.29 is 22.7 Å². The number of ether oxygens (including phenoxy) is 1. The average Bonchev–Trinajstić information content (AvgIpc) is 2.17. The van der Waals surface area contributed by atoms with Crippen LogP contribution in [0.4, 0.5) is 13.2 Å². The molecule has 88 valence electrons. The highest BCUT2D eigenvalue weighted by atomic mass is 35.5. The van der Waals surface area contributed by atoms with Gasteiger partial charge in [0.1, 0.15) is 0 Å². The third-order valence-corrected chi connectivity index (χ3v) is 2.19. The number of carbonyl (C=O) groups excluding carboxylic acids is 1. The van der Waals surface area contributed by atoms with Gasteiger partial charge in [-0.1, -0.05) is 18.2 Å². The molecule has 1 aromatic rings. The van der Waals surface area contributed by atoms with Crippen LogP contribution >= 0.6 is 11.6 Å². The topological polar surface area (TPSA) is 26.3 Å². The van der Waals surface area contributed by atoms with Gasteiger partial charge in [0, 0.05) is 12.7 Å². The molecule has 0 radical (unpaired) electrons. The molecule has 1 atom stereocenters. The predicted octanol–water partition coefficient (Wildman–Crippen LogP) is 3.16. The quantitative estimate of drug-likeness (QED) is 0.773. The van der Waals surface area contributed by atoms with Crippen LogP contribution in [0, 0.1) is 0 Å². The molecule has 6 heteroatoms. The largest absolute Gasteiger partial charge is 0.416 e. The first kappa shape index (κ1) is 13.0. The van der Waals surface area contributed by atoms with Crippen molar-refractivity contribution in [3.63, 3.8) is 0 Å². The first-order valence-electron chi connectivity index (χ1n) is 4.26. The molecule has 0 unspecified atom stereocenters. The van der Waals surface area contributed by atoms with Crippen molar-refractivity contribution in [2.24, 2.45) is 0 Å². The van der Waals surface area contributed by atoms with Gasteiger partial charge in [-0.25, -0.2) is 0 Å². The fourth-order valence-electron chi connectivity index (χ4n) is 1.33. The van der Waals surface area contributed by atoms with Crippen LogP contribution in [0.15, 0.2) is 24.3 Å². The van der Waals surface area contributed by atoms with Gasteiger partial charge in [0.05, 0.1) is 5.56 Å². The van der Waals surface area contributed by atoms with Gasteiger partial charge in [-0.2, -0.15) is 13.2 Å². The van der Waals surface area contributed by atoms with Gasteiger partial charge in [-0.05, 0) is 17.7 Å². The van der Waals surface area contributed by atoms with Crippen LogP contribution in [-0.4, -0.2) is 12.4 Å². The number of benzene rings is 1. The monoisotopic (exact) mass is 252 g/mol. The lowest BCUT2D eigenvalue weighted by Crippen LogP contribution is -2.16. The van der Waals surface area contributed by atoms with Crippen molar-refractivity contribution in [2.75, 3.05) is 7.11 Å². The summed E-state index contributed by atoms with van der Waals surface area (Å²) < 4.78 is 42.4. The molecule has 16 heavy (non-hydrogen) atoms. The normalized spacial score (nSPS) is 13.6. The molecule has 0 bridgehead atoms. The van der Waals surface area contributed by atoms with E-state index in [4.69, 9.17) is 11.6 Å². The van der Waals surface area contributed by atoms with E-state index in [1.807, 2.05) is 0 Å². The highest BCUT2D eigenvalue weighted by Gasteiger charge is 2.36.